The largest absolute Gasteiger partial charge is 0.386 e. The Morgan fingerprint density at radius 1 is 1.50 bits per heavy atom. The lowest BCUT2D eigenvalue weighted by Gasteiger charge is -2.06. The number of nitrogens with zero attached hydrogens (tertiary/aromatic N) is 2. The molecule has 1 unspecified atom stereocenters. The molecule has 1 fully saturated rings. The Labute approximate surface area is 76.1 Å². The van der Waals surface area contributed by atoms with Crippen molar-refractivity contribution < 1.29 is 0 Å². The number of hydrogen-bond donors (Lipinski definition) is 1. The zero-order chi connectivity index (χ0) is 8.81. The van der Waals surface area contributed by atoms with Crippen molar-refractivity contribution in [2.75, 3.05) is 11.5 Å². The predicted molar refractivity (Wildman–Crippen MR) is 48.2 cm³/mol. The third kappa shape index (κ3) is 2.48. The monoisotopic (exact) mass is 179 g/mol. The first-order valence-electron chi connectivity index (χ1n) is 3.71. The van der Waals surface area contributed by atoms with Crippen LogP contribution in [-0.4, -0.2) is 17.5 Å². The molecule has 3 nitrogen and oxygen atoms in total. The Hall–Kier alpha value is -1.13. The van der Waals surface area contributed by atoms with E-state index in [1.54, 1.807) is 12.1 Å². The minimum absolute atomic E-state index is 0.145. The van der Waals surface area contributed by atoms with Gasteiger partial charge in [-0.2, -0.15) is 22.3 Å². The predicted octanol–water partition coefficient (Wildman–Crippen LogP) is 1.01. The summed E-state index contributed by atoms with van der Waals surface area (Å²) in [5, 5.41) is 19.9. The highest BCUT2D eigenvalue weighted by atomic mass is 32.2. The second-order valence-corrected chi connectivity index (χ2v) is 3.66. The summed E-state index contributed by atoms with van der Waals surface area (Å²) in [6.45, 7) is 0. The fourth-order valence-electron chi connectivity index (χ4n) is 0.957. The maximum absolute atomic E-state index is 8.41. The van der Waals surface area contributed by atoms with E-state index in [1.165, 1.54) is 12.0 Å². The lowest BCUT2D eigenvalue weighted by atomic mass is 10.2. The van der Waals surface area contributed by atoms with Gasteiger partial charge in [-0.15, -0.1) is 0 Å². The first kappa shape index (κ1) is 8.96. The molecule has 0 aromatic carbocycles. The summed E-state index contributed by atoms with van der Waals surface area (Å²) in [7, 11) is 0. The smallest absolute Gasteiger partial charge is 0.145 e. The van der Waals surface area contributed by atoms with Crippen molar-refractivity contribution in [1.29, 1.82) is 10.5 Å². The number of thioether (sulfide) groups is 1. The molecule has 1 heterocycles. The minimum atomic E-state index is 0.145. The molecular formula is C8H9N3S. The second kappa shape index (κ2) is 4.69. The summed E-state index contributed by atoms with van der Waals surface area (Å²) in [5.74, 6) is 2.24. The molecule has 0 aromatic rings. The average Bonchev–Trinajstić information content (AvgIpc) is 2.59. The van der Waals surface area contributed by atoms with Gasteiger partial charge in [0, 0.05) is 18.0 Å². The van der Waals surface area contributed by atoms with E-state index in [4.69, 9.17) is 10.5 Å². The zero-order valence-electron chi connectivity index (χ0n) is 6.58. The topological polar surface area (TPSA) is 59.6 Å². The summed E-state index contributed by atoms with van der Waals surface area (Å²) in [6.07, 6.45) is 2.63. The van der Waals surface area contributed by atoms with Crippen molar-refractivity contribution in [2.45, 2.75) is 12.5 Å². The Kier molecular flexibility index (Phi) is 3.50. The third-order valence-electron chi connectivity index (χ3n) is 1.63. The van der Waals surface area contributed by atoms with Crippen LogP contribution in [0.5, 0.6) is 0 Å². The molecule has 1 N–H and O–H groups in total. The normalized spacial score (nSPS) is 20.7. The van der Waals surface area contributed by atoms with E-state index in [9.17, 15) is 0 Å². The van der Waals surface area contributed by atoms with Crippen LogP contribution >= 0.6 is 11.8 Å². The molecule has 0 amide bonds. The van der Waals surface area contributed by atoms with Crippen LogP contribution in [0, 0.1) is 22.7 Å². The summed E-state index contributed by atoms with van der Waals surface area (Å²) >= 11 is 1.89. The van der Waals surface area contributed by atoms with Crippen molar-refractivity contribution in [3.8, 4) is 12.1 Å². The van der Waals surface area contributed by atoms with E-state index in [0.29, 0.717) is 6.04 Å². The van der Waals surface area contributed by atoms with Crippen molar-refractivity contribution in [3.63, 3.8) is 0 Å². The van der Waals surface area contributed by atoms with Crippen LogP contribution in [-0.2, 0) is 0 Å². The molecule has 0 bridgehead atoms. The highest BCUT2D eigenvalue weighted by Gasteiger charge is 2.13. The fraction of sp³-hybridized carbons (Fsp3) is 0.500. The van der Waals surface area contributed by atoms with Crippen LogP contribution < -0.4 is 5.32 Å². The SMILES string of the molecule is N#CC(C#N)=CNC1CCSC1. The second-order valence-electron chi connectivity index (χ2n) is 2.51. The molecule has 0 aliphatic carbocycles. The van der Waals surface area contributed by atoms with Gasteiger partial charge < -0.3 is 5.32 Å². The van der Waals surface area contributed by atoms with E-state index >= 15 is 0 Å². The fourth-order valence-corrected chi connectivity index (χ4v) is 2.12. The maximum atomic E-state index is 8.41. The van der Waals surface area contributed by atoms with Crippen LogP contribution in [0.3, 0.4) is 0 Å². The Balaban J connectivity index is 2.38. The van der Waals surface area contributed by atoms with Gasteiger partial charge in [0.1, 0.15) is 17.7 Å². The van der Waals surface area contributed by atoms with Gasteiger partial charge in [-0.05, 0) is 12.2 Å². The highest BCUT2D eigenvalue weighted by molar-refractivity contribution is 7.99. The summed E-state index contributed by atoms with van der Waals surface area (Å²) in [6, 6.07) is 4.05. The molecular weight excluding hydrogens is 170 g/mol. The van der Waals surface area contributed by atoms with E-state index in [1.807, 2.05) is 11.8 Å². The first-order valence-corrected chi connectivity index (χ1v) is 4.86. The van der Waals surface area contributed by atoms with Crippen LogP contribution in [0.4, 0.5) is 0 Å². The Morgan fingerprint density at radius 3 is 2.75 bits per heavy atom. The summed E-state index contributed by atoms with van der Waals surface area (Å²) in [5.41, 5.74) is 0.145. The molecule has 0 saturated carbocycles. The van der Waals surface area contributed by atoms with Crippen molar-refractivity contribution in [3.05, 3.63) is 11.8 Å². The Bertz CT molecular complexity index is 236. The number of rotatable bonds is 2. The van der Waals surface area contributed by atoms with E-state index in [-0.39, 0.29) is 5.57 Å². The molecule has 1 aliphatic rings. The van der Waals surface area contributed by atoms with Crippen LogP contribution in [0.2, 0.25) is 0 Å². The average molecular weight is 179 g/mol. The van der Waals surface area contributed by atoms with Crippen molar-refractivity contribution in [1.82, 2.24) is 5.32 Å². The number of nitrogens with one attached hydrogen (secondary N) is 1. The van der Waals surface area contributed by atoms with Crippen LogP contribution in [0.1, 0.15) is 6.42 Å². The highest BCUT2D eigenvalue weighted by Crippen LogP contribution is 2.16. The van der Waals surface area contributed by atoms with E-state index in [0.717, 1.165) is 12.2 Å². The minimum Gasteiger partial charge on any atom is -0.386 e. The number of nitriles is 2. The zero-order valence-corrected chi connectivity index (χ0v) is 7.40. The molecule has 1 atom stereocenters. The molecule has 62 valence electrons. The van der Waals surface area contributed by atoms with Gasteiger partial charge in [-0.1, -0.05) is 0 Å². The molecule has 12 heavy (non-hydrogen) atoms. The summed E-state index contributed by atoms with van der Waals surface area (Å²) in [4.78, 5) is 0. The molecule has 0 aromatic heterocycles. The third-order valence-corrected chi connectivity index (χ3v) is 2.80. The van der Waals surface area contributed by atoms with Gasteiger partial charge in [0.05, 0.1) is 0 Å². The van der Waals surface area contributed by atoms with Crippen LogP contribution in [0.15, 0.2) is 11.8 Å². The van der Waals surface area contributed by atoms with Gasteiger partial charge in [0.2, 0.25) is 0 Å². The molecule has 1 aliphatic heterocycles. The van der Waals surface area contributed by atoms with E-state index in [2.05, 4.69) is 5.32 Å². The van der Waals surface area contributed by atoms with Gasteiger partial charge in [0.15, 0.2) is 0 Å². The first-order chi connectivity index (χ1) is 5.86. The lowest BCUT2D eigenvalue weighted by Crippen LogP contribution is -2.23. The molecule has 4 heteroatoms. The van der Waals surface area contributed by atoms with Gasteiger partial charge in [-0.3, -0.25) is 0 Å². The number of hydrogen-bond acceptors (Lipinski definition) is 4. The van der Waals surface area contributed by atoms with Crippen molar-refractivity contribution in [2.24, 2.45) is 0 Å². The molecule has 0 spiro atoms. The van der Waals surface area contributed by atoms with Gasteiger partial charge >= 0.3 is 0 Å². The molecule has 1 rings (SSSR count). The number of allylic oxidation sites excluding steroid dienone is 1. The molecule has 0 radical (unpaired) electrons. The maximum Gasteiger partial charge on any atom is 0.145 e. The van der Waals surface area contributed by atoms with Crippen LogP contribution in [0.25, 0.3) is 0 Å². The Morgan fingerprint density at radius 2 is 2.25 bits per heavy atom. The van der Waals surface area contributed by atoms with Gasteiger partial charge in [0.25, 0.3) is 0 Å². The lowest BCUT2D eigenvalue weighted by molar-refractivity contribution is 0.652. The van der Waals surface area contributed by atoms with Crippen molar-refractivity contribution >= 4 is 11.8 Å². The summed E-state index contributed by atoms with van der Waals surface area (Å²) < 4.78 is 0. The van der Waals surface area contributed by atoms with Gasteiger partial charge in [-0.25, -0.2) is 0 Å². The standard InChI is InChI=1S/C8H9N3S/c9-3-7(4-10)5-11-8-1-2-12-6-8/h5,8,11H,1-2,6H2. The molecule has 1 saturated heterocycles. The van der Waals surface area contributed by atoms with E-state index < -0.39 is 0 Å². The quantitative estimate of drug-likeness (QED) is 0.643.